The molecule has 0 saturated heterocycles. The predicted octanol–water partition coefficient (Wildman–Crippen LogP) is 7.01. The fraction of sp³-hybridized carbons (Fsp3) is 0.292. The molecule has 8 nitrogen and oxygen atoms in total. The third kappa shape index (κ3) is 6.55. The highest BCUT2D eigenvalue weighted by molar-refractivity contribution is 14.2. The van der Waals surface area contributed by atoms with E-state index < -0.39 is 0 Å². The van der Waals surface area contributed by atoms with Crippen molar-refractivity contribution in [2.45, 2.75) is 18.6 Å². The number of furan rings is 1. The van der Waals surface area contributed by atoms with Crippen LogP contribution < -0.4 is 13.8 Å². The molecule has 0 spiro atoms. The Morgan fingerprint density at radius 3 is 2.57 bits per heavy atom. The molecule has 0 fully saturated rings. The number of rotatable bonds is 12. The lowest BCUT2D eigenvalue weighted by molar-refractivity contribution is 0.391. The van der Waals surface area contributed by atoms with E-state index in [0.717, 1.165) is 11.4 Å². The van der Waals surface area contributed by atoms with Crippen LogP contribution >= 0.6 is 58.0 Å². The van der Waals surface area contributed by atoms with Crippen LogP contribution in [-0.2, 0) is 6.42 Å². The van der Waals surface area contributed by atoms with Crippen molar-refractivity contribution in [2.75, 3.05) is 30.8 Å². The Balaban J connectivity index is 1.78. The Morgan fingerprint density at radius 1 is 1.19 bits per heavy atom. The average molecular weight is 720 g/mol. The summed E-state index contributed by atoms with van der Waals surface area (Å²) in [5.74, 6) is 3.37. The van der Waals surface area contributed by atoms with Gasteiger partial charge in [-0.3, -0.25) is 13.9 Å². The Kier molecular flexibility index (Phi) is 10.0. The minimum atomic E-state index is -0.374. The van der Waals surface area contributed by atoms with E-state index in [1.807, 2.05) is 34.9 Å². The SMILES string of the molecule is COc1cccc(OC)c1-n1c(-c2ccco2)nnc1N(CCSI)SC(C)Cc1ncc(F)cc1Br. The van der Waals surface area contributed by atoms with Crippen molar-refractivity contribution in [3.05, 3.63) is 64.8 Å². The summed E-state index contributed by atoms with van der Waals surface area (Å²) in [4.78, 5) is 4.27. The monoisotopic (exact) mass is 719 g/mol. The molecule has 0 aliphatic rings. The van der Waals surface area contributed by atoms with E-state index in [1.165, 1.54) is 12.3 Å². The first-order chi connectivity index (χ1) is 18.0. The number of benzene rings is 1. The molecule has 4 rings (SSSR count). The van der Waals surface area contributed by atoms with Gasteiger partial charge in [0.15, 0.2) is 5.76 Å². The third-order valence-electron chi connectivity index (χ3n) is 5.28. The first-order valence-electron chi connectivity index (χ1n) is 11.1. The van der Waals surface area contributed by atoms with Crippen molar-refractivity contribution in [1.82, 2.24) is 19.7 Å². The highest BCUT2D eigenvalue weighted by atomic mass is 127. The van der Waals surface area contributed by atoms with E-state index in [-0.39, 0.29) is 11.1 Å². The van der Waals surface area contributed by atoms with Crippen LogP contribution in [0.4, 0.5) is 10.3 Å². The molecule has 0 saturated carbocycles. The summed E-state index contributed by atoms with van der Waals surface area (Å²) in [6.07, 6.45) is 3.46. The maximum atomic E-state index is 13.5. The number of anilines is 1. The largest absolute Gasteiger partial charge is 0.494 e. The molecule has 1 atom stereocenters. The number of ether oxygens (including phenoxy) is 2. The second kappa shape index (κ2) is 13.2. The third-order valence-corrected chi connectivity index (χ3v) is 8.75. The minimum absolute atomic E-state index is 0.0882. The maximum Gasteiger partial charge on any atom is 0.242 e. The average Bonchev–Trinajstić information content (AvgIpc) is 3.57. The zero-order valence-corrected chi connectivity index (χ0v) is 25.6. The summed E-state index contributed by atoms with van der Waals surface area (Å²) in [6, 6.07) is 10.7. The van der Waals surface area contributed by atoms with Gasteiger partial charge in [0.2, 0.25) is 11.8 Å². The van der Waals surface area contributed by atoms with Crippen molar-refractivity contribution in [3.8, 4) is 28.8 Å². The van der Waals surface area contributed by atoms with Gasteiger partial charge in [0, 0.05) is 28.4 Å². The molecule has 13 heteroatoms. The molecule has 37 heavy (non-hydrogen) atoms. The molecule has 0 aliphatic carbocycles. The van der Waals surface area contributed by atoms with Crippen LogP contribution in [0.3, 0.4) is 0 Å². The van der Waals surface area contributed by atoms with E-state index in [0.29, 0.717) is 52.2 Å². The Morgan fingerprint density at radius 2 is 1.95 bits per heavy atom. The Labute approximate surface area is 243 Å². The molecular weight excluding hydrogens is 696 g/mol. The molecule has 1 unspecified atom stereocenters. The van der Waals surface area contributed by atoms with E-state index in [2.05, 4.69) is 63.5 Å². The van der Waals surface area contributed by atoms with Gasteiger partial charge in [0.05, 0.1) is 32.4 Å². The van der Waals surface area contributed by atoms with Crippen molar-refractivity contribution < 1.29 is 18.3 Å². The normalized spacial score (nSPS) is 11.9. The number of aromatic nitrogens is 4. The lowest BCUT2D eigenvalue weighted by Crippen LogP contribution is -2.25. The summed E-state index contributed by atoms with van der Waals surface area (Å²) in [6.45, 7) is 2.79. The van der Waals surface area contributed by atoms with E-state index in [9.17, 15) is 4.39 Å². The van der Waals surface area contributed by atoms with Gasteiger partial charge in [0.25, 0.3) is 0 Å². The number of hydrogen-bond acceptors (Lipinski definition) is 9. The van der Waals surface area contributed by atoms with E-state index in [4.69, 9.17) is 13.9 Å². The molecule has 1 aromatic carbocycles. The molecule has 0 bridgehead atoms. The van der Waals surface area contributed by atoms with Crippen LogP contribution in [0.1, 0.15) is 12.6 Å². The lowest BCUT2D eigenvalue weighted by Gasteiger charge is -2.26. The van der Waals surface area contributed by atoms with Crippen LogP contribution in [-0.4, -0.2) is 51.5 Å². The zero-order chi connectivity index (χ0) is 26.4. The summed E-state index contributed by atoms with van der Waals surface area (Å²) in [5.41, 5.74) is 1.45. The number of methoxy groups -OCH3 is 2. The molecule has 0 aliphatic heterocycles. The lowest BCUT2D eigenvalue weighted by atomic mass is 10.2. The Hall–Kier alpha value is -1.97. The molecule has 3 aromatic heterocycles. The fourth-order valence-corrected chi connectivity index (χ4v) is 6.21. The molecular formula is C24H24BrFIN5O3S2. The first kappa shape index (κ1) is 28.0. The molecule has 0 radical (unpaired) electrons. The smallest absolute Gasteiger partial charge is 0.242 e. The molecule has 0 N–H and O–H groups in total. The quantitative estimate of drug-likeness (QED) is 0.114. The summed E-state index contributed by atoms with van der Waals surface area (Å²) >= 11 is 7.34. The summed E-state index contributed by atoms with van der Waals surface area (Å²) in [5, 5.41) is 9.20. The predicted molar refractivity (Wildman–Crippen MR) is 159 cm³/mol. The van der Waals surface area contributed by atoms with Gasteiger partial charge in [-0.2, -0.15) is 0 Å². The highest BCUT2D eigenvalue weighted by Crippen LogP contribution is 2.40. The van der Waals surface area contributed by atoms with Crippen molar-refractivity contribution >= 4 is 64.0 Å². The van der Waals surface area contributed by atoms with Crippen LogP contribution in [0.15, 0.2) is 57.7 Å². The Bertz CT molecular complexity index is 1310. The maximum absolute atomic E-state index is 13.5. The summed E-state index contributed by atoms with van der Waals surface area (Å²) < 4.78 is 35.4. The standard InChI is InChI=1S/C24H24BrFIN5O3S2/c1-15(12-18-17(25)13-16(26)14-28-18)37-31(9-11-36-27)24-30-29-23(21-8-5-10-35-21)32(24)22-19(33-2)6-4-7-20(22)34-3/h4-8,10,13-15H,9,11-12H2,1-3H3. The van der Waals surface area contributed by atoms with Crippen LogP contribution in [0.5, 0.6) is 11.5 Å². The van der Waals surface area contributed by atoms with Crippen molar-refractivity contribution in [3.63, 3.8) is 0 Å². The number of pyridine rings is 1. The highest BCUT2D eigenvalue weighted by Gasteiger charge is 2.28. The molecule has 196 valence electrons. The first-order valence-corrected chi connectivity index (χ1v) is 16.3. The van der Waals surface area contributed by atoms with E-state index in [1.54, 1.807) is 41.4 Å². The van der Waals surface area contributed by atoms with Crippen LogP contribution in [0, 0.1) is 5.82 Å². The van der Waals surface area contributed by atoms with Crippen LogP contribution in [0.2, 0.25) is 0 Å². The number of halogens is 3. The van der Waals surface area contributed by atoms with Crippen molar-refractivity contribution in [2.24, 2.45) is 0 Å². The van der Waals surface area contributed by atoms with Crippen molar-refractivity contribution in [1.29, 1.82) is 0 Å². The van der Waals surface area contributed by atoms with Gasteiger partial charge >= 0.3 is 0 Å². The van der Waals surface area contributed by atoms with Gasteiger partial charge in [0.1, 0.15) is 23.0 Å². The van der Waals surface area contributed by atoms with Gasteiger partial charge in [-0.05, 0) is 79.4 Å². The fourth-order valence-electron chi connectivity index (χ4n) is 3.70. The van der Waals surface area contributed by atoms with Crippen LogP contribution in [0.25, 0.3) is 17.3 Å². The molecule has 4 aromatic rings. The second-order valence-corrected chi connectivity index (χ2v) is 12.6. The van der Waals surface area contributed by atoms with Gasteiger partial charge in [-0.15, -0.1) is 10.2 Å². The van der Waals surface area contributed by atoms with Gasteiger partial charge < -0.3 is 13.9 Å². The van der Waals surface area contributed by atoms with Gasteiger partial charge in [-0.1, -0.05) is 21.9 Å². The van der Waals surface area contributed by atoms with Gasteiger partial charge in [-0.25, -0.2) is 4.39 Å². The second-order valence-electron chi connectivity index (χ2n) is 7.77. The number of para-hydroxylation sites is 1. The van der Waals surface area contributed by atoms with E-state index >= 15 is 0 Å². The minimum Gasteiger partial charge on any atom is -0.494 e. The topological polar surface area (TPSA) is 78.4 Å². The number of nitrogens with zero attached hydrogens (tertiary/aromatic N) is 5. The number of hydrogen-bond donors (Lipinski definition) is 0. The zero-order valence-electron chi connectivity index (χ0n) is 20.2. The summed E-state index contributed by atoms with van der Waals surface area (Å²) in [7, 11) is 4.94. The molecule has 3 heterocycles. The molecule has 0 amide bonds.